The molecule has 1 aromatic heterocycles. The number of hydrogen-bond donors (Lipinski definition) is 2. The Kier molecular flexibility index (Phi) is 3.85. The van der Waals surface area contributed by atoms with E-state index in [4.69, 9.17) is 0 Å². The van der Waals surface area contributed by atoms with Crippen LogP contribution in [-0.2, 0) is 6.42 Å². The van der Waals surface area contributed by atoms with Gasteiger partial charge in [-0.3, -0.25) is 0 Å². The third kappa shape index (κ3) is 3.37. The van der Waals surface area contributed by atoms with Crippen molar-refractivity contribution in [2.75, 3.05) is 26.7 Å². The Bertz CT molecular complexity index is 528. The average Bonchev–Trinajstić information content (AvgIpc) is 3.16. The Morgan fingerprint density at radius 3 is 2.95 bits per heavy atom. The summed E-state index contributed by atoms with van der Waals surface area (Å²) in [6.07, 6.45) is 6.02. The van der Waals surface area contributed by atoms with Crippen molar-refractivity contribution in [3.63, 3.8) is 0 Å². The summed E-state index contributed by atoms with van der Waals surface area (Å²) < 4.78 is 0. The van der Waals surface area contributed by atoms with Gasteiger partial charge in [-0.15, -0.1) is 0 Å². The summed E-state index contributed by atoms with van der Waals surface area (Å²) in [7, 11) is 2.21. The first kappa shape index (κ1) is 12.7. The van der Waals surface area contributed by atoms with Gasteiger partial charge in [0.2, 0.25) is 0 Å². The third-order valence-corrected chi connectivity index (χ3v) is 3.94. The van der Waals surface area contributed by atoms with Crippen LogP contribution in [0.2, 0.25) is 0 Å². The maximum Gasteiger partial charge on any atom is 0.0456 e. The molecular formula is C16H23N3. The Morgan fingerprint density at radius 1 is 1.26 bits per heavy atom. The largest absolute Gasteiger partial charge is 0.361 e. The number of nitrogens with one attached hydrogen (secondary N) is 2. The molecule has 3 heteroatoms. The molecule has 0 spiro atoms. The molecule has 0 aliphatic heterocycles. The zero-order valence-corrected chi connectivity index (χ0v) is 11.7. The highest BCUT2D eigenvalue weighted by Gasteiger charge is 2.19. The number of H-pyrrole nitrogens is 1. The summed E-state index contributed by atoms with van der Waals surface area (Å²) in [5.41, 5.74) is 2.67. The lowest BCUT2D eigenvalue weighted by atomic mass is 10.1. The van der Waals surface area contributed by atoms with Gasteiger partial charge in [-0.25, -0.2) is 0 Å². The van der Waals surface area contributed by atoms with Crippen molar-refractivity contribution in [2.24, 2.45) is 0 Å². The van der Waals surface area contributed by atoms with Crippen molar-refractivity contribution in [2.45, 2.75) is 25.3 Å². The van der Waals surface area contributed by atoms with Crippen LogP contribution in [-0.4, -0.2) is 42.6 Å². The second-order valence-corrected chi connectivity index (χ2v) is 5.64. The molecule has 19 heavy (non-hydrogen) atoms. The molecule has 1 heterocycles. The van der Waals surface area contributed by atoms with Gasteiger partial charge in [0.05, 0.1) is 0 Å². The molecule has 0 amide bonds. The van der Waals surface area contributed by atoms with Crippen LogP contribution in [0.4, 0.5) is 0 Å². The monoisotopic (exact) mass is 257 g/mol. The molecule has 0 atom stereocenters. The second-order valence-electron chi connectivity index (χ2n) is 5.64. The van der Waals surface area contributed by atoms with Crippen LogP contribution >= 0.6 is 0 Å². The lowest BCUT2D eigenvalue weighted by Crippen LogP contribution is -2.31. The number of fused-ring (bicyclic) bond motifs is 1. The number of aromatic nitrogens is 1. The molecule has 0 radical (unpaired) electrons. The lowest BCUT2D eigenvalue weighted by Gasteiger charge is -2.16. The highest BCUT2D eigenvalue weighted by molar-refractivity contribution is 5.83. The van der Waals surface area contributed by atoms with E-state index in [-0.39, 0.29) is 0 Å². The van der Waals surface area contributed by atoms with Crippen molar-refractivity contribution in [1.82, 2.24) is 15.2 Å². The molecule has 3 rings (SSSR count). The molecule has 1 fully saturated rings. The van der Waals surface area contributed by atoms with Gasteiger partial charge >= 0.3 is 0 Å². The first-order valence-electron chi connectivity index (χ1n) is 7.30. The van der Waals surface area contributed by atoms with E-state index in [1.54, 1.807) is 0 Å². The van der Waals surface area contributed by atoms with Gasteiger partial charge in [0, 0.05) is 42.8 Å². The molecule has 1 saturated carbocycles. The molecule has 2 aromatic rings. The predicted octanol–water partition coefficient (Wildman–Crippen LogP) is 2.39. The first-order chi connectivity index (χ1) is 9.33. The van der Waals surface area contributed by atoms with Crippen LogP contribution in [0.25, 0.3) is 10.9 Å². The summed E-state index contributed by atoms with van der Waals surface area (Å²) in [5.74, 6) is 0. The fourth-order valence-corrected chi connectivity index (χ4v) is 2.51. The van der Waals surface area contributed by atoms with E-state index in [2.05, 4.69) is 52.7 Å². The van der Waals surface area contributed by atoms with E-state index in [0.717, 1.165) is 32.1 Å². The van der Waals surface area contributed by atoms with Gasteiger partial charge in [-0.05, 0) is 37.9 Å². The smallest absolute Gasteiger partial charge is 0.0456 e. The maximum absolute atomic E-state index is 3.56. The highest BCUT2D eigenvalue weighted by Crippen LogP contribution is 2.19. The van der Waals surface area contributed by atoms with Crippen molar-refractivity contribution < 1.29 is 0 Å². The van der Waals surface area contributed by atoms with Gasteiger partial charge in [0.1, 0.15) is 0 Å². The topological polar surface area (TPSA) is 31.1 Å². The molecule has 102 valence electrons. The zero-order chi connectivity index (χ0) is 13.1. The van der Waals surface area contributed by atoms with Crippen molar-refractivity contribution in [1.29, 1.82) is 0 Å². The average molecular weight is 257 g/mol. The lowest BCUT2D eigenvalue weighted by molar-refractivity contribution is 0.335. The van der Waals surface area contributed by atoms with Gasteiger partial charge in [0.15, 0.2) is 0 Å². The Balaban J connectivity index is 1.47. The van der Waals surface area contributed by atoms with Crippen molar-refractivity contribution in [3.8, 4) is 0 Å². The van der Waals surface area contributed by atoms with Crippen LogP contribution in [0, 0.1) is 0 Å². The minimum Gasteiger partial charge on any atom is -0.361 e. The van der Waals surface area contributed by atoms with Crippen LogP contribution < -0.4 is 5.32 Å². The Labute approximate surface area is 115 Å². The molecule has 2 N–H and O–H groups in total. The first-order valence-corrected chi connectivity index (χ1v) is 7.30. The molecule has 1 aliphatic carbocycles. The summed E-state index contributed by atoms with van der Waals surface area (Å²) >= 11 is 0. The van der Waals surface area contributed by atoms with Crippen molar-refractivity contribution in [3.05, 3.63) is 36.0 Å². The summed E-state index contributed by atoms with van der Waals surface area (Å²) in [6, 6.07) is 9.36. The van der Waals surface area contributed by atoms with E-state index in [1.807, 2.05) is 0 Å². The maximum atomic E-state index is 3.56. The number of likely N-dealkylation sites (N-methyl/N-ethyl adjacent to an activating group) is 1. The van der Waals surface area contributed by atoms with Gasteiger partial charge < -0.3 is 15.2 Å². The SMILES string of the molecule is CN(CCNC1CC1)CCc1c[nH]c2ccccc12. The Hall–Kier alpha value is -1.32. The number of hydrogen-bond acceptors (Lipinski definition) is 2. The van der Waals surface area contributed by atoms with E-state index >= 15 is 0 Å². The number of para-hydroxylation sites is 1. The van der Waals surface area contributed by atoms with Crippen LogP contribution in [0.15, 0.2) is 30.5 Å². The van der Waals surface area contributed by atoms with Crippen LogP contribution in [0.5, 0.6) is 0 Å². The molecule has 0 unspecified atom stereocenters. The number of nitrogens with zero attached hydrogens (tertiary/aromatic N) is 1. The number of aromatic amines is 1. The van der Waals surface area contributed by atoms with Gasteiger partial charge in [-0.1, -0.05) is 18.2 Å². The predicted molar refractivity (Wildman–Crippen MR) is 80.5 cm³/mol. The number of benzene rings is 1. The second kappa shape index (κ2) is 5.76. The highest BCUT2D eigenvalue weighted by atomic mass is 15.1. The normalized spacial score (nSPS) is 15.5. The van der Waals surface area contributed by atoms with Crippen LogP contribution in [0.3, 0.4) is 0 Å². The molecule has 0 saturated heterocycles. The van der Waals surface area contributed by atoms with Crippen LogP contribution in [0.1, 0.15) is 18.4 Å². The van der Waals surface area contributed by atoms with E-state index in [1.165, 1.54) is 29.3 Å². The van der Waals surface area contributed by atoms with Gasteiger partial charge in [-0.2, -0.15) is 0 Å². The third-order valence-electron chi connectivity index (χ3n) is 3.94. The van der Waals surface area contributed by atoms with E-state index < -0.39 is 0 Å². The number of rotatable bonds is 7. The molecule has 0 bridgehead atoms. The minimum absolute atomic E-state index is 0.821. The van der Waals surface area contributed by atoms with E-state index in [0.29, 0.717) is 0 Å². The summed E-state index contributed by atoms with van der Waals surface area (Å²) in [6.45, 7) is 3.38. The fourth-order valence-electron chi connectivity index (χ4n) is 2.51. The molecule has 1 aliphatic rings. The quantitative estimate of drug-likeness (QED) is 0.798. The summed E-state index contributed by atoms with van der Waals surface area (Å²) in [4.78, 5) is 5.76. The van der Waals surface area contributed by atoms with E-state index in [9.17, 15) is 0 Å². The van der Waals surface area contributed by atoms with Gasteiger partial charge in [0.25, 0.3) is 0 Å². The van der Waals surface area contributed by atoms with Crippen molar-refractivity contribution >= 4 is 10.9 Å². The molecular weight excluding hydrogens is 234 g/mol. The zero-order valence-electron chi connectivity index (χ0n) is 11.7. The fraction of sp³-hybridized carbons (Fsp3) is 0.500. The molecule has 1 aromatic carbocycles. The Morgan fingerprint density at radius 2 is 2.11 bits per heavy atom. The summed E-state index contributed by atoms with van der Waals surface area (Å²) in [5, 5.41) is 4.93. The molecule has 3 nitrogen and oxygen atoms in total. The minimum atomic E-state index is 0.821. The standard InChI is InChI=1S/C16H23N3/c1-19(11-9-17-14-6-7-14)10-8-13-12-18-16-5-3-2-4-15(13)16/h2-5,12,14,17-18H,6-11H2,1H3.